The van der Waals surface area contributed by atoms with E-state index in [1.807, 2.05) is 24.3 Å². The Morgan fingerprint density at radius 3 is 2.07 bits per heavy atom. The van der Waals surface area contributed by atoms with Gasteiger partial charge in [-0.25, -0.2) is 0 Å². The van der Waals surface area contributed by atoms with E-state index in [4.69, 9.17) is 18.9 Å². The molecule has 3 atom stereocenters. The first kappa shape index (κ1) is 29.1. The number of phenols is 2. The molecule has 0 heterocycles. The predicted molar refractivity (Wildman–Crippen MR) is 156 cm³/mol. The van der Waals surface area contributed by atoms with Crippen LogP contribution in [0.1, 0.15) is 34.9 Å². The van der Waals surface area contributed by atoms with Crippen LogP contribution in [0, 0.1) is 5.92 Å². The van der Waals surface area contributed by atoms with Gasteiger partial charge in [0.25, 0.3) is 0 Å². The van der Waals surface area contributed by atoms with Gasteiger partial charge >= 0.3 is 0 Å². The van der Waals surface area contributed by atoms with Crippen LogP contribution < -0.4 is 18.9 Å². The molecule has 3 N–H and O–H groups in total. The number of aliphatic hydroxyl groups excluding tert-OH is 1. The minimum atomic E-state index is -0.586. The normalized spacial score (nSPS) is 18.7. The van der Waals surface area contributed by atoms with E-state index in [9.17, 15) is 20.1 Å². The fourth-order valence-corrected chi connectivity index (χ4v) is 5.18. The van der Waals surface area contributed by atoms with Gasteiger partial charge in [-0.05, 0) is 71.5 Å². The number of allylic oxidation sites excluding steroid dienone is 4. The van der Waals surface area contributed by atoms with Gasteiger partial charge in [-0.1, -0.05) is 36.4 Å². The molecular weight excluding hydrogens is 524 g/mol. The summed E-state index contributed by atoms with van der Waals surface area (Å²) in [5.74, 6) is 0.0688. The highest BCUT2D eigenvalue weighted by atomic mass is 16.5. The van der Waals surface area contributed by atoms with Crippen molar-refractivity contribution < 1.29 is 39.1 Å². The summed E-state index contributed by atoms with van der Waals surface area (Å²) in [5.41, 5.74) is 2.35. The van der Waals surface area contributed by atoms with Gasteiger partial charge in [0.1, 0.15) is 5.76 Å². The minimum absolute atomic E-state index is 0.00283. The van der Waals surface area contributed by atoms with Crippen molar-refractivity contribution in [1.29, 1.82) is 0 Å². The number of ether oxygens (including phenoxy) is 4. The Morgan fingerprint density at radius 2 is 1.39 bits per heavy atom. The predicted octanol–water partition coefficient (Wildman–Crippen LogP) is 6.30. The van der Waals surface area contributed by atoms with Crippen molar-refractivity contribution >= 4 is 11.9 Å². The molecule has 1 aliphatic carbocycles. The van der Waals surface area contributed by atoms with Gasteiger partial charge < -0.3 is 34.3 Å². The summed E-state index contributed by atoms with van der Waals surface area (Å²) in [6.45, 7) is 0. The van der Waals surface area contributed by atoms with E-state index in [1.165, 1.54) is 32.4 Å². The van der Waals surface area contributed by atoms with Gasteiger partial charge in [-0.15, -0.1) is 0 Å². The number of aliphatic hydroxyl groups is 1. The van der Waals surface area contributed by atoms with E-state index in [0.29, 0.717) is 35.0 Å². The van der Waals surface area contributed by atoms with Crippen molar-refractivity contribution in [3.8, 4) is 34.5 Å². The highest BCUT2D eigenvalue weighted by molar-refractivity contribution is 5.94. The summed E-state index contributed by atoms with van der Waals surface area (Å²) < 4.78 is 21.4. The lowest BCUT2D eigenvalue weighted by molar-refractivity contribution is -0.119. The molecule has 0 radical (unpaired) electrons. The molecule has 3 aromatic carbocycles. The molecule has 8 nitrogen and oxygen atoms in total. The van der Waals surface area contributed by atoms with Crippen LogP contribution in [-0.2, 0) is 4.79 Å². The van der Waals surface area contributed by atoms with Gasteiger partial charge in [0.2, 0.25) is 0 Å². The number of aromatic hydroxyl groups is 2. The second-order valence-electron chi connectivity index (χ2n) is 9.60. The summed E-state index contributed by atoms with van der Waals surface area (Å²) in [6, 6.07) is 15.4. The zero-order chi connectivity index (χ0) is 29.5. The SMILES string of the molecule is COc1cc(/C=C/C(O)=C/C(=O)[C@@H]2[C@H](c3ccc(OC)c(OC)c3)C=CC[C@H]2c2ccc(O)c(OC)c2)ccc1O. The van der Waals surface area contributed by atoms with Crippen molar-refractivity contribution in [3.63, 3.8) is 0 Å². The molecule has 0 bridgehead atoms. The maximum absolute atomic E-state index is 13.9. The van der Waals surface area contributed by atoms with Crippen LogP contribution in [-0.4, -0.2) is 49.5 Å². The number of ketones is 1. The lowest BCUT2D eigenvalue weighted by Gasteiger charge is -2.34. The van der Waals surface area contributed by atoms with Crippen LogP contribution in [0.2, 0.25) is 0 Å². The van der Waals surface area contributed by atoms with Crippen LogP contribution in [0.25, 0.3) is 6.08 Å². The number of hydrogen-bond acceptors (Lipinski definition) is 8. The Labute approximate surface area is 239 Å². The lowest BCUT2D eigenvalue weighted by atomic mass is 9.68. The summed E-state index contributed by atoms with van der Waals surface area (Å²) >= 11 is 0. The molecule has 41 heavy (non-hydrogen) atoms. The molecular formula is C33H34O8. The molecule has 3 aromatic rings. The Morgan fingerprint density at radius 1 is 0.780 bits per heavy atom. The van der Waals surface area contributed by atoms with Gasteiger partial charge in [0.15, 0.2) is 40.3 Å². The third kappa shape index (κ3) is 6.49. The maximum Gasteiger partial charge on any atom is 0.163 e. The molecule has 0 saturated heterocycles. The van der Waals surface area contributed by atoms with Crippen LogP contribution in [0.15, 0.2) is 84.7 Å². The molecule has 0 spiro atoms. The van der Waals surface area contributed by atoms with Crippen LogP contribution >= 0.6 is 0 Å². The monoisotopic (exact) mass is 558 g/mol. The Kier molecular flexibility index (Phi) is 9.24. The van der Waals surface area contributed by atoms with Gasteiger partial charge in [-0.2, -0.15) is 0 Å². The number of carbonyl (C=O) groups is 1. The standard InChI is InChI=1S/C33H34O8/c1-38-29-15-11-22(18-32(29)41-4)25-7-5-6-24(21-10-14-27(36)31(17-21)40-3)33(25)28(37)19-23(34)12-8-20-9-13-26(35)30(16-20)39-2/h5,7-19,24-25,33-36H,6H2,1-4H3/b12-8+,23-19-/t24-,25-,33-/m0/s1. The Bertz CT molecular complexity index is 1490. The highest BCUT2D eigenvalue weighted by Gasteiger charge is 2.37. The second kappa shape index (κ2) is 13.0. The number of rotatable bonds is 10. The molecule has 4 rings (SSSR count). The minimum Gasteiger partial charge on any atom is -0.508 e. The third-order valence-corrected chi connectivity index (χ3v) is 7.25. The van der Waals surface area contributed by atoms with Gasteiger partial charge in [0.05, 0.1) is 28.4 Å². The van der Waals surface area contributed by atoms with Crippen molar-refractivity contribution in [2.45, 2.75) is 18.3 Å². The van der Waals surface area contributed by atoms with E-state index in [0.717, 1.165) is 11.1 Å². The number of benzene rings is 3. The summed E-state index contributed by atoms with van der Waals surface area (Å²) in [7, 11) is 6.05. The molecule has 8 heteroatoms. The molecule has 0 unspecified atom stereocenters. The fraction of sp³-hybridized carbons (Fsp3) is 0.242. The summed E-state index contributed by atoms with van der Waals surface area (Å²) in [6.07, 6.45) is 8.89. The fourth-order valence-electron chi connectivity index (χ4n) is 5.18. The van der Waals surface area contributed by atoms with Crippen molar-refractivity contribution in [2.24, 2.45) is 5.92 Å². The Balaban J connectivity index is 1.73. The molecule has 214 valence electrons. The van der Waals surface area contributed by atoms with Crippen molar-refractivity contribution in [2.75, 3.05) is 28.4 Å². The number of carbonyl (C=O) groups excluding carboxylic acids is 1. The van der Waals surface area contributed by atoms with Crippen molar-refractivity contribution in [1.82, 2.24) is 0 Å². The topological polar surface area (TPSA) is 115 Å². The number of phenolic OH excluding ortho intramolecular Hbond substituents is 2. The first-order valence-electron chi connectivity index (χ1n) is 13.0. The largest absolute Gasteiger partial charge is 0.508 e. The molecule has 1 aliphatic rings. The third-order valence-electron chi connectivity index (χ3n) is 7.25. The van der Waals surface area contributed by atoms with E-state index in [-0.39, 0.29) is 34.9 Å². The smallest absolute Gasteiger partial charge is 0.163 e. The highest BCUT2D eigenvalue weighted by Crippen LogP contribution is 2.46. The summed E-state index contributed by atoms with van der Waals surface area (Å²) in [5, 5.41) is 30.7. The molecule has 0 saturated carbocycles. The van der Waals surface area contributed by atoms with Gasteiger partial charge in [0, 0.05) is 17.9 Å². The van der Waals surface area contributed by atoms with Crippen LogP contribution in [0.4, 0.5) is 0 Å². The second-order valence-corrected chi connectivity index (χ2v) is 9.60. The number of hydrogen-bond donors (Lipinski definition) is 3. The van der Waals surface area contributed by atoms with E-state index < -0.39 is 5.92 Å². The zero-order valence-electron chi connectivity index (χ0n) is 23.4. The molecule has 0 fully saturated rings. The zero-order valence-corrected chi connectivity index (χ0v) is 23.4. The maximum atomic E-state index is 13.9. The molecule has 0 aromatic heterocycles. The van der Waals surface area contributed by atoms with Crippen LogP contribution in [0.5, 0.6) is 34.5 Å². The van der Waals surface area contributed by atoms with Crippen molar-refractivity contribution in [3.05, 3.63) is 101 Å². The number of methoxy groups -OCH3 is 4. The van der Waals surface area contributed by atoms with E-state index in [1.54, 1.807) is 56.7 Å². The molecule has 0 amide bonds. The van der Waals surface area contributed by atoms with Gasteiger partial charge in [-0.3, -0.25) is 4.79 Å². The van der Waals surface area contributed by atoms with E-state index in [2.05, 4.69) is 0 Å². The Hall–Kier alpha value is -4.85. The molecule has 0 aliphatic heterocycles. The quantitative estimate of drug-likeness (QED) is 0.115. The first-order chi connectivity index (χ1) is 19.8. The first-order valence-corrected chi connectivity index (χ1v) is 13.0. The van der Waals surface area contributed by atoms with E-state index >= 15 is 0 Å². The van der Waals surface area contributed by atoms with Crippen LogP contribution in [0.3, 0.4) is 0 Å². The summed E-state index contributed by atoms with van der Waals surface area (Å²) in [4.78, 5) is 13.9. The average Bonchev–Trinajstić information content (AvgIpc) is 3.00. The lowest BCUT2D eigenvalue weighted by Crippen LogP contribution is -2.29. The average molecular weight is 559 g/mol.